The molecule has 27 heavy (non-hydrogen) atoms. The van der Waals surface area contributed by atoms with E-state index in [4.69, 9.17) is 0 Å². The van der Waals surface area contributed by atoms with Crippen LogP contribution >= 0.6 is 0 Å². The van der Waals surface area contributed by atoms with E-state index in [1.165, 1.54) is 6.08 Å². The monoisotopic (exact) mass is 360 g/mol. The zero-order valence-electron chi connectivity index (χ0n) is 14.8. The summed E-state index contributed by atoms with van der Waals surface area (Å²) in [5, 5.41) is 19.6. The van der Waals surface area contributed by atoms with Crippen molar-refractivity contribution in [3.8, 4) is 17.0 Å². The van der Waals surface area contributed by atoms with Crippen molar-refractivity contribution in [3.05, 3.63) is 54.7 Å². The van der Waals surface area contributed by atoms with Crippen LogP contribution in [-0.4, -0.2) is 37.1 Å². The fourth-order valence-corrected chi connectivity index (χ4v) is 4.75. The van der Waals surface area contributed by atoms with Crippen LogP contribution in [0.2, 0.25) is 0 Å². The van der Waals surface area contributed by atoms with E-state index >= 15 is 0 Å². The molecule has 0 radical (unpaired) electrons. The summed E-state index contributed by atoms with van der Waals surface area (Å²) in [4.78, 5) is 17.8. The molecule has 5 rings (SSSR count). The number of carbonyl (C=O) groups is 1. The Balaban J connectivity index is 1.56. The Morgan fingerprint density at radius 2 is 2.11 bits per heavy atom. The van der Waals surface area contributed by atoms with Gasteiger partial charge in [-0.2, -0.15) is 0 Å². The molecule has 2 fully saturated rings. The van der Waals surface area contributed by atoms with Crippen LogP contribution in [0.3, 0.4) is 0 Å². The minimum atomic E-state index is -0.00756. The van der Waals surface area contributed by atoms with Gasteiger partial charge in [-0.25, -0.2) is 0 Å². The van der Waals surface area contributed by atoms with Crippen molar-refractivity contribution in [2.45, 2.75) is 31.3 Å². The van der Waals surface area contributed by atoms with Crippen molar-refractivity contribution in [1.29, 1.82) is 0 Å². The van der Waals surface area contributed by atoms with E-state index in [1.54, 1.807) is 12.1 Å². The summed E-state index contributed by atoms with van der Waals surface area (Å²) in [6, 6.07) is 11.4. The van der Waals surface area contributed by atoms with E-state index in [0.717, 1.165) is 30.3 Å². The summed E-state index contributed by atoms with van der Waals surface area (Å²) < 4.78 is 0. The number of piperidine rings is 1. The lowest BCUT2D eigenvalue weighted by Crippen LogP contribution is -2.39. The number of fused-ring (bicyclic) bond motifs is 3. The number of rotatable bonds is 3. The molecule has 1 amide bonds. The van der Waals surface area contributed by atoms with Gasteiger partial charge in [0.15, 0.2) is 5.65 Å². The normalized spacial score (nSPS) is 23.9. The van der Waals surface area contributed by atoms with Crippen molar-refractivity contribution in [2.24, 2.45) is 5.92 Å². The van der Waals surface area contributed by atoms with Crippen molar-refractivity contribution in [3.63, 3.8) is 0 Å². The van der Waals surface area contributed by atoms with Crippen LogP contribution < -0.4 is 0 Å². The molecule has 3 aromatic rings. The summed E-state index contributed by atoms with van der Waals surface area (Å²) in [5.41, 5.74) is 2.96. The van der Waals surface area contributed by atoms with Gasteiger partial charge in [-0.3, -0.25) is 4.79 Å². The maximum Gasteiger partial charge on any atom is 0.246 e. The predicted molar refractivity (Wildman–Crippen MR) is 102 cm³/mol. The smallest absolute Gasteiger partial charge is 0.246 e. The number of likely N-dealkylation sites (tertiary alicyclic amines) is 1. The highest BCUT2D eigenvalue weighted by Gasteiger charge is 2.48. The number of amides is 1. The molecule has 3 atom stereocenters. The second-order valence-electron chi connectivity index (χ2n) is 7.40. The first-order valence-corrected chi connectivity index (χ1v) is 9.25. The van der Waals surface area contributed by atoms with E-state index in [2.05, 4.69) is 27.8 Å². The molecule has 2 aliphatic rings. The standard InChI is InChI=1S/C21H20N4O2/c1-2-19(27)25-14-8-7-12(9-14)20(25)17-11-13-10-16(23-24-21(13)22-17)15-5-3-4-6-18(15)26/h2-6,10-12,14,20,26H,1,7-9H2,(H,22,24)/t12-,14+,20-/m0/s1. The third-order valence-electron chi connectivity index (χ3n) is 5.91. The minimum Gasteiger partial charge on any atom is -0.507 e. The van der Waals surface area contributed by atoms with Crippen molar-refractivity contribution < 1.29 is 9.90 Å². The van der Waals surface area contributed by atoms with E-state index < -0.39 is 0 Å². The van der Waals surface area contributed by atoms with Crippen LogP contribution in [0.4, 0.5) is 0 Å². The molecule has 1 saturated carbocycles. The molecule has 1 aliphatic carbocycles. The number of H-pyrrole nitrogens is 1. The molecule has 0 spiro atoms. The second kappa shape index (κ2) is 5.94. The Labute approximate surface area is 156 Å². The first-order chi connectivity index (χ1) is 13.2. The quantitative estimate of drug-likeness (QED) is 0.700. The first-order valence-electron chi connectivity index (χ1n) is 9.25. The van der Waals surface area contributed by atoms with Crippen LogP contribution in [0.25, 0.3) is 22.3 Å². The van der Waals surface area contributed by atoms with Crippen molar-refractivity contribution in [2.75, 3.05) is 0 Å². The third kappa shape index (κ3) is 2.44. The van der Waals surface area contributed by atoms with Crippen LogP contribution in [-0.2, 0) is 4.79 Å². The summed E-state index contributed by atoms with van der Waals surface area (Å²) in [6.07, 6.45) is 4.67. The number of aromatic nitrogens is 3. The maximum absolute atomic E-state index is 12.4. The number of nitrogens with one attached hydrogen (secondary N) is 1. The molecular formula is C21H20N4O2. The molecule has 6 heteroatoms. The number of phenolic OH excluding ortho intramolecular Hbond substituents is 1. The Bertz CT molecular complexity index is 1060. The number of aromatic amines is 1. The van der Waals surface area contributed by atoms with E-state index in [-0.39, 0.29) is 17.7 Å². The summed E-state index contributed by atoms with van der Waals surface area (Å²) >= 11 is 0. The largest absolute Gasteiger partial charge is 0.507 e. The molecule has 0 unspecified atom stereocenters. The fourth-order valence-electron chi connectivity index (χ4n) is 4.75. The number of aromatic hydroxyl groups is 1. The lowest BCUT2D eigenvalue weighted by molar-refractivity contribution is -0.130. The Morgan fingerprint density at radius 3 is 2.93 bits per heavy atom. The zero-order chi connectivity index (χ0) is 18.5. The van der Waals surface area contributed by atoms with Gasteiger partial charge < -0.3 is 15.0 Å². The van der Waals surface area contributed by atoms with Gasteiger partial charge in [0.25, 0.3) is 0 Å². The van der Waals surface area contributed by atoms with Gasteiger partial charge in [0.05, 0.1) is 11.7 Å². The first kappa shape index (κ1) is 16.1. The average molecular weight is 360 g/mol. The molecule has 2 N–H and O–H groups in total. The topological polar surface area (TPSA) is 82.1 Å². The average Bonchev–Trinajstić information content (AvgIpc) is 3.40. The number of carbonyl (C=O) groups excluding carboxylic acids is 1. The van der Waals surface area contributed by atoms with Gasteiger partial charge in [0, 0.05) is 22.7 Å². The third-order valence-corrected chi connectivity index (χ3v) is 5.91. The Hall–Kier alpha value is -3.15. The molecule has 2 aromatic heterocycles. The van der Waals surface area contributed by atoms with Gasteiger partial charge in [0.2, 0.25) is 5.91 Å². The molecule has 136 valence electrons. The van der Waals surface area contributed by atoms with Gasteiger partial charge in [-0.15, -0.1) is 10.2 Å². The van der Waals surface area contributed by atoms with Crippen molar-refractivity contribution in [1.82, 2.24) is 20.1 Å². The number of nitrogens with zero attached hydrogens (tertiary/aromatic N) is 3. The SMILES string of the molecule is C=CC(=O)N1[C@@H]2CC[C@@H](C2)[C@H]1c1cc2cc(-c3ccccc3O)nnc2[nH]1. The van der Waals surface area contributed by atoms with E-state index in [9.17, 15) is 9.90 Å². The van der Waals surface area contributed by atoms with E-state index in [1.807, 2.05) is 23.1 Å². The predicted octanol–water partition coefficient (Wildman–Crippen LogP) is 3.57. The maximum atomic E-state index is 12.4. The van der Waals surface area contributed by atoms with Gasteiger partial charge in [-0.1, -0.05) is 18.7 Å². The van der Waals surface area contributed by atoms with Crippen LogP contribution in [0, 0.1) is 5.92 Å². The van der Waals surface area contributed by atoms with Crippen molar-refractivity contribution >= 4 is 16.9 Å². The Kier molecular flexibility index (Phi) is 3.53. The van der Waals surface area contributed by atoms with Gasteiger partial charge in [-0.05, 0) is 55.5 Å². The lowest BCUT2D eigenvalue weighted by atomic mass is 9.95. The molecule has 1 saturated heterocycles. The minimum absolute atomic E-state index is 0.00756. The molecule has 1 aliphatic heterocycles. The molecule has 2 bridgehead atoms. The van der Waals surface area contributed by atoms with Crippen LogP contribution in [0.1, 0.15) is 31.0 Å². The fraction of sp³-hybridized carbons (Fsp3) is 0.286. The highest BCUT2D eigenvalue weighted by molar-refractivity contribution is 5.88. The molecule has 1 aromatic carbocycles. The molecule has 3 heterocycles. The summed E-state index contributed by atoms with van der Waals surface area (Å²) in [5.74, 6) is 0.641. The van der Waals surface area contributed by atoms with Crippen LogP contribution in [0.5, 0.6) is 5.75 Å². The van der Waals surface area contributed by atoms with Gasteiger partial charge >= 0.3 is 0 Å². The number of hydrogen-bond donors (Lipinski definition) is 2. The number of phenols is 1. The van der Waals surface area contributed by atoms with Gasteiger partial charge in [0.1, 0.15) is 5.75 Å². The second-order valence-corrected chi connectivity index (χ2v) is 7.40. The number of hydrogen-bond acceptors (Lipinski definition) is 4. The number of benzene rings is 1. The highest BCUT2D eigenvalue weighted by atomic mass is 16.3. The Morgan fingerprint density at radius 1 is 1.26 bits per heavy atom. The molecule has 6 nitrogen and oxygen atoms in total. The lowest BCUT2D eigenvalue weighted by Gasteiger charge is -2.34. The number of para-hydroxylation sites is 1. The van der Waals surface area contributed by atoms with E-state index in [0.29, 0.717) is 28.9 Å². The molecular weight excluding hydrogens is 340 g/mol. The zero-order valence-corrected chi connectivity index (χ0v) is 14.8. The summed E-state index contributed by atoms with van der Waals surface area (Å²) in [6.45, 7) is 3.67. The highest BCUT2D eigenvalue weighted by Crippen LogP contribution is 2.50. The summed E-state index contributed by atoms with van der Waals surface area (Å²) in [7, 11) is 0. The van der Waals surface area contributed by atoms with Crippen LogP contribution in [0.15, 0.2) is 49.1 Å².